The smallest absolute Gasteiger partial charge is 0.295 e. The zero-order valence-corrected chi connectivity index (χ0v) is 9.94. The van der Waals surface area contributed by atoms with E-state index in [9.17, 15) is 17.2 Å². The number of rotatable bonds is 4. The molecule has 96 valence electrons. The maximum Gasteiger partial charge on any atom is 0.341 e. The maximum absolute atomic E-state index is 12.3. The van der Waals surface area contributed by atoms with Gasteiger partial charge >= 0.3 is 5.76 Å². The van der Waals surface area contributed by atoms with Crippen molar-refractivity contribution in [1.29, 1.82) is 0 Å². The van der Waals surface area contributed by atoms with Crippen molar-refractivity contribution in [1.82, 2.24) is 4.68 Å². The second kappa shape index (κ2) is 4.77. The van der Waals surface area contributed by atoms with Gasteiger partial charge in [0.15, 0.2) is 0 Å². The van der Waals surface area contributed by atoms with Gasteiger partial charge in [-0.15, -0.1) is 0 Å². The number of hydrogen-bond donors (Lipinski definition) is 1. The molecule has 0 aliphatic heterocycles. The minimum absolute atomic E-state index is 0.393. The third-order valence-corrected chi connectivity index (χ3v) is 3.68. The Kier molecular flexibility index (Phi) is 3.33. The summed E-state index contributed by atoms with van der Waals surface area (Å²) in [6.45, 7) is 0. The van der Waals surface area contributed by atoms with Gasteiger partial charge in [-0.2, -0.15) is 8.78 Å². The summed E-state index contributed by atoms with van der Waals surface area (Å²) >= 11 is 0. The van der Waals surface area contributed by atoms with E-state index in [0.29, 0.717) is 5.69 Å². The van der Waals surface area contributed by atoms with Crippen LogP contribution in [0.2, 0.25) is 0 Å². The van der Waals surface area contributed by atoms with E-state index < -0.39 is 20.5 Å². The van der Waals surface area contributed by atoms with E-state index in [2.05, 4.69) is 5.43 Å². The van der Waals surface area contributed by atoms with E-state index in [4.69, 9.17) is 0 Å². The summed E-state index contributed by atoms with van der Waals surface area (Å²) in [7, 11) is -4.52. The van der Waals surface area contributed by atoms with Gasteiger partial charge < -0.3 is 0 Å². The molecular weight excluding hydrogens is 262 g/mol. The van der Waals surface area contributed by atoms with Gasteiger partial charge in [-0.05, 0) is 36.4 Å². The zero-order chi connectivity index (χ0) is 13.2. The van der Waals surface area contributed by atoms with Crippen molar-refractivity contribution < 1.29 is 17.2 Å². The van der Waals surface area contributed by atoms with Crippen molar-refractivity contribution in [3.05, 3.63) is 48.8 Å². The number of sulfone groups is 1. The molecule has 0 radical (unpaired) electrons. The number of aromatic nitrogens is 1. The average molecular weight is 272 g/mol. The van der Waals surface area contributed by atoms with E-state index in [-0.39, 0.29) is 0 Å². The molecule has 0 fully saturated rings. The highest BCUT2D eigenvalue weighted by Crippen LogP contribution is 2.20. The lowest BCUT2D eigenvalue weighted by atomic mass is 10.3. The first-order chi connectivity index (χ1) is 8.50. The Morgan fingerprint density at radius 3 is 2.11 bits per heavy atom. The van der Waals surface area contributed by atoms with Crippen LogP contribution in [0.1, 0.15) is 0 Å². The van der Waals surface area contributed by atoms with E-state index >= 15 is 0 Å². The Hall–Kier alpha value is -1.89. The second-order valence-electron chi connectivity index (χ2n) is 3.53. The largest absolute Gasteiger partial charge is 0.341 e. The van der Waals surface area contributed by atoms with Crippen molar-refractivity contribution >= 4 is 15.5 Å². The van der Waals surface area contributed by atoms with Crippen molar-refractivity contribution in [2.45, 2.75) is 10.7 Å². The van der Waals surface area contributed by atoms with E-state index in [0.717, 1.165) is 12.1 Å². The van der Waals surface area contributed by atoms with Gasteiger partial charge in [0.05, 0.1) is 10.6 Å². The predicted octanol–water partition coefficient (Wildman–Crippen LogP) is 2.36. The monoisotopic (exact) mass is 272 g/mol. The summed E-state index contributed by atoms with van der Waals surface area (Å²) in [5.74, 6) is -3.40. The molecule has 0 saturated carbocycles. The first-order valence-electron chi connectivity index (χ1n) is 5.02. The molecule has 0 aliphatic rings. The van der Waals surface area contributed by atoms with Gasteiger partial charge in [0.2, 0.25) is 9.84 Å². The molecule has 4 nitrogen and oxygen atoms in total. The Labute approximate surface area is 103 Å². The molecule has 1 heterocycles. The van der Waals surface area contributed by atoms with E-state index in [1.807, 2.05) is 12.1 Å². The molecule has 0 unspecified atom stereocenters. The second-order valence-corrected chi connectivity index (χ2v) is 5.45. The summed E-state index contributed by atoms with van der Waals surface area (Å²) in [5.41, 5.74) is 3.52. The number of hydrogen-bond acceptors (Lipinski definition) is 3. The van der Waals surface area contributed by atoms with Gasteiger partial charge in [-0.3, -0.25) is 10.1 Å². The fourth-order valence-corrected chi connectivity index (χ4v) is 2.10. The predicted molar refractivity (Wildman–Crippen MR) is 63.1 cm³/mol. The van der Waals surface area contributed by atoms with Crippen LogP contribution in [0.4, 0.5) is 14.5 Å². The fourth-order valence-electron chi connectivity index (χ4n) is 1.38. The van der Waals surface area contributed by atoms with Crippen LogP contribution in [0.3, 0.4) is 0 Å². The minimum Gasteiger partial charge on any atom is -0.295 e. The molecule has 0 bridgehead atoms. The highest BCUT2D eigenvalue weighted by atomic mass is 32.2. The van der Waals surface area contributed by atoms with Crippen LogP contribution in [0.25, 0.3) is 0 Å². The first-order valence-corrected chi connectivity index (χ1v) is 6.57. The van der Waals surface area contributed by atoms with Crippen LogP contribution in [0.15, 0.2) is 53.7 Å². The third-order valence-electron chi connectivity index (χ3n) is 2.28. The van der Waals surface area contributed by atoms with Crippen LogP contribution in [0, 0.1) is 0 Å². The Bertz CT molecular complexity index is 607. The summed E-state index contributed by atoms with van der Waals surface area (Å²) in [6.07, 6.45) is 3.51. The molecule has 0 amide bonds. The summed E-state index contributed by atoms with van der Waals surface area (Å²) in [6, 6.07) is 8.76. The fraction of sp³-hybridized carbons (Fsp3) is 0.0909. The summed E-state index contributed by atoms with van der Waals surface area (Å²) in [5, 5.41) is 0. The summed E-state index contributed by atoms with van der Waals surface area (Å²) in [4.78, 5) is -0.393. The number of anilines is 1. The molecule has 7 heteroatoms. The highest BCUT2D eigenvalue weighted by molar-refractivity contribution is 7.91. The van der Waals surface area contributed by atoms with Crippen molar-refractivity contribution in [3.8, 4) is 0 Å². The molecule has 0 atom stereocenters. The molecular formula is C11H10F2N2O2S. The van der Waals surface area contributed by atoms with Crippen LogP contribution in [-0.4, -0.2) is 18.9 Å². The van der Waals surface area contributed by atoms with E-state index in [1.165, 1.54) is 12.1 Å². The Morgan fingerprint density at radius 2 is 1.61 bits per heavy atom. The van der Waals surface area contributed by atoms with Gasteiger partial charge in [-0.1, -0.05) is 0 Å². The molecule has 0 spiro atoms. The molecule has 1 aromatic carbocycles. The standard InChI is InChI=1S/C11H10F2N2O2S/c12-11(13)18(16,17)10-5-3-9(4-6-10)14-15-7-1-2-8-15/h1-8,11,14H. The third kappa shape index (κ3) is 2.51. The van der Waals surface area contributed by atoms with Crippen molar-refractivity contribution in [2.75, 3.05) is 5.43 Å². The van der Waals surface area contributed by atoms with Gasteiger partial charge in [0.25, 0.3) is 0 Å². The summed E-state index contributed by atoms with van der Waals surface area (Å²) < 4.78 is 48.6. The molecule has 0 saturated heterocycles. The van der Waals surface area contributed by atoms with E-state index in [1.54, 1.807) is 17.1 Å². The minimum atomic E-state index is -4.52. The topological polar surface area (TPSA) is 51.1 Å². The first kappa shape index (κ1) is 12.6. The Balaban J connectivity index is 2.21. The van der Waals surface area contributed by atoms with Crippen LogP contribution < -0.4 is 5.43 Å². The lowest BCUT2D eigenvalue weighted by molar-refractivity contribution is 0.234. The van der Waals surface area contributed by atoms with Crippen LogP contribution in [-0.2, 0) is 9.84 Å². The number of nitrogens with one attached hydrogen (secondary N) is 1. The van der Waals surface area contributed by atoms with Crippen LogP contribution >= 0.6 is 0 Å². The molecule has 1 aromatic heterocycles. The van der Waals surface area contributed by atoms with Crippen LogP contribution in [0.5, 0.6) is 0 Å². The van der Waals surface area contributed by atoms with Gasteiger partial charge in [-0.25, -0.2) is 8.42 Å². The zero-order valence-electron chi connectivity index (χ0n) is 9.12. The number of alkyl halides is 2. The maximum atomic E-state index is 12.3. The lowest BCUT2D eigenvalue weighted by Gasteiger charge is -2.08. The highest BCUT2D eigenvalue weighted by Gasteiger charge is 2.26. The number of nitrogens with zero attached hydrogens (tertiary/aromatic N) is 1. The SMILES string of the molecule is O=S(=O)(c1ccc(Nn2cccc2)cc1)C(F)F. The molecule has 2 rings (SSSR count). The molecule has 0 aliphatic carbocycles. The quantitative estimate of drug-likeness (QED) is 0.929. The van der Waals surface area contributed by atoms with Gasteiger partial charge in [0.1, 0.15) is 0 Å². The van der Waals surface area contributed by atoms with Gasteiger partial charge in [0, 0.05) is 12.4 Å². The Morgan fingerprint density at radius 1 is 1.06 bits per heavy atom. The molecule has 1 N–H and O–H groups in total. The van der Waals surface area contributed by atoms with Crippen molar-refractivity contribution in [2.24, 2.45) is 0 Å². The van der Waals surface area contributed by atoms with Crippen molar-refractivity contribution in [3.63, 3.8) is 0 Å². The normalized spacial score (nSPS) is 11.7. The lowest BCUT2D eigenvalue weighted by Crippen LogP contribution is -2.11. The molecule has 18 heavy (non-hydrogen) atoms. The number of benzene rings is 1. The molecule has 2 aromatic rings. The number of halogens is 2. The average Bonchev–Trinajstić information content (AvgIpc) is 2.82.